The quantitative estimate of drug-likeness (QED) is 0.737. The molecular weight excluding hydrogens is 318 g/mol. The second-order valence-electron chi connectivity index (χ2n) is 6.40. The Morgan fingerprint density at radius 2 is 2.08 bits per heavy atom. The zero-order valence-electron chi connectivity index (χ0n) is 13.8. The van der Waals surface area contributed by atoms with Gasteiger partial charge in [0.25, 0.3) is 5.89 Å². The highest BCUT2D eigenvalue weighted by Crippen LogP contribution is 2.25. The number of aromatic nitrogens is 2. The van der Waals surface area contributed by atoms with Gasteiger partial charge in [-0.1, -0.05) is 18.2 Å². The molecule has 0 atom stereocenters. The van der Waals surface area contributed by atoms with Crippen LogP contribution in [0.15, 0.2) is 47.2 Å². The van der Waals surface area contributed by atoms with Crippen LogP contribution >= 0.6 is 0 Å². The fourth-order valence-electron chi connectivity index (χ4n) is 3.36. The summed E-state index contributed by atoms with van der Waals surface area (Å²) in [5, 5.41) is 10.9. The average molecular weight is 337 g/mol. The molecule has 2 aromatic heterocycles. The van der Waals surface area contributed by atoms with Crippen molar-refractivity contribution in [2.75, 3.05) is 13.1 Å². The highest BCUT2D eigenvalue weighted by Gasteiger charge is 2.28. The average Bonchev–Trinajstić information content (AvgIpc) is 3.17. The fourth-order valence-corrected chi connectivity index (χ4v) is 3.36. The van der Waals surface area contributed by atoms with Crippen molar-refractivity contribution in [2.45, 2.75) is 19.4 Å². The molecule has 1 aliphatic rings. The zero-order chi connectivity index (χ0) is 17.2. The lowest BCUT2D eigenvalue weighted by molar-refractivity contribution is 0.0798. The van der Waals surface area contributed by atoms with Crippen molar-refractivity contribution in [1.29, 1.82) is 0 Å². The summed E-state index contributed by atoms with van der Waals surface area (Å²) >= 11 is 0. The number of carbonyl (C=O) groups excluding carboxylic acids is 1. The highest BCUT2D eigenvalue weighted by atomic mass is 16.3. The Kier molecular flexibility index (Phi) is 4.19. The van der Waals surface area contributed by atoms with Crippen LogP contribution in [0.1, 0.15) is 29.2 Å². The van der Waals surface area contributed by atoms with Gasteiger partial charge in [-0.3, -0.25) is 9.69 Å². The van der Waals surface area contributed by atoms with E-state index in [0.717, 1.165) is 37.0 Å². The summed E-state index contributed by atoms with van der Waals surface area (Å²) in [6.45, 7) is 2.37. The number of ketones is 1. The Hall–Kier alpha value is -2.73. The predicted molar refractivity (Wildman–Crippen MR) is 92.2 cm³/mol. The summed E-state index contributed by atoms with van der Waals surface area (Å²) in [5.41, 5.74) is 1.56. The maximum absolute atomic E-state index is 12.3. The molecule has 1 N–H and O–H groups in total. The SMILES string of the molecule is O=C(c1ncco1)C1CCN(Cc2ccc3cccc(O)c3n2)CC1. The van der Waals surface area contributed by atoms with E-state index in [2.05, 4.69) is 14.9 Å². The van der Waals surface area contributed by atoms with E-state index in [4.69, 9.17) is 4.42 Å². The van der Waals surface area contributed by atoms with E-state index in [0.29, 0.717) is 12.1 Å². The van der Waals surface area contributed by atoms with Gasteiger partial charge in [-0.05, 0) is 38.1 Å². The molecule has 0 spiro atoms. The number of benzene rings is 1. The second kappa shape index (κ2) is 6.64. The number of Topliss-reactive ketones (excluding diaryl/α,β-unsaturated/α-hetero) is 1. The monoisotopic (exact) mass is 337 g/mol. The summed E-state index contributed by atoms with van der Waals surface area (Å²) < 4.78 is 5.12. The van der Waals surface area contributed by atoms with Crippen LogP contribution in [0.2, 0.25) is 0 Å². The molecule has 0 amide bonds. The number of phenols is 1. The second-order valence-corrected chi connectivity index (χ2v) is 6.40. The molecule has 1 fully saturated rings. The van der Waals surface area contributed by atoms with Gasteiger partial charge in [-0.25, -0.2) is 9.97 Å². The van der Waals surface area contributed by atoms with Crippen LogP contribution in [0.5, 0.6) is 5.75 Å². The third kappa shape index (κ3) is 3.25. The Balaban J connectivity index is 1.40. The van der Waals surface area contributed by atoms with Gasteiger partial charge >= 0.3 is 0 Å². The van der Waals surface area contributed by atoms with Crippen molar-refractivity contribution >= 4 is 16.7 Å². The van der Waals surface area contributed by atoms with E-state index in [1.54, 1.807) is 6.07 Å². The fraction of sp³-hybridized carbons (Fsp3) is 0.316. The molecule has 6 heteroatoms. The first kappa shape index (κ1) is 15.8. The Morgan fingerprint density at radius 1 is 1.24 bits per heavy atom. The van der Waals surface area contributed by atoms with Gasteiger partial charge in [0.1, 0.15) is 17.5 Å². The predicted octanol–water partition coefficient (Wildman–Crippen LogP) is 3.02. The maximum atomic E-state index is 12.3. The third-order valence-corrected chi connectivity index (χ3v) is 4.74. The molecule has 0 radical (unpaired) electrons. The van der Waals surface area contributed by atoms with Crippen LogP contribution in [-0.2, 0) is 6.54 Å². The van der Waals surface area contributed by atoms with E-state index in [-0.39, 0.29) is 23.3 Å². The van der Waals surface area contributed by atoms with Crippen molar-refractivity contribution < 1.29 is 14.3 Å². The van der Waals surface area contributed by atoms with E-state index >= 15 is 0 Å². The largest absolute Gasteiger partial charge is 0.506 e. The van der Waals surface area contributed by atoms with Crippen LogP contribution in [0.25, 0.3) is 10.9 Å². The van der Waals surface area contributed by atoms with Crippen LogP contribution < -0.4 is 0 Å². The van der Waals surface area contributed by atoms with Gasteiger partial charge in [0.2, 0.25) is 5.78 Å². The molecular formula is C19H19N3O3. The number of hydrogen-bond acceptors (Lipinski definition) is 6. The van der Waals surface area contributed by atoms with E-state index in [9.17, 15) is 9.90 Å². The van der Waals surface area contributed by atoms with Crippen molar-refractivity contribution in [2.24, 2.45) is 5.92 Å². The number of rotatable bonds is 4. The van der Waals surface area contributed by atoms with Crippen LogP contribution in [-0.4, -0.2) is 38.8 Å². The number of fused-ring (bicyclic) bond motifs is 1. The molecule has 0 aliphatic carbocycles. The molecule has 6 nitrogen and oxygen atoms in total. The molecule has 128 valence electrons. The first-order valence-corrected chi connectivity index (χ1v) is 8.44. The number of phenolic OH excluding ortho intramolecular Hbond substituents is 1. The van der Waals surface area contributed by atoms with Gasteiger partial charge in [0.05, 0.1) is 11.9 Å². The summed E-state index contributed by atoms with van der Waals surface area (Å²) in [6, 6.07) is 9.38. The molecule has 25 heavy (non-hydrogen) atoms. The number of nitrogens with zero attached hydrogens (tertiary/aromatic N) is 3. The van der Waals surface area contributed by atoms with Gasteiger partial charge in [0, 0.05) is 17.8 Å². The summed E-state index contributed by atoms with van der Waals surface area (Å²) in [7, 11) is 0. The van der Waals surface area contributed by atoms with Crippen LogP contribution in [0.4, 0.5) is 0 Å². The molecule has 0 unspecified atom stereocenters. The van der Waals surface area contributed by atoms with Crippen molar-refractivity contribution in [3.05, 3.63) is 54.4 Å². The standard InChI is InChI=1S/C19H19N3O3/c23-16-3-1-2-13-4-5-15(21-17(13)16)12-22-9-6-14(7-10-22)18(24)19-20-8-11-25-19/h1-5,8,11,14,23H,6-7,9-10,12H2. The summed E-state index contributed by atoms with van der Waals surface area (Å²) in [4.78, 5) is 23.1. The van der Waals surface area contributed by atoms with Gasteiger partial charge in [0.15, 0.2) is 0 Å². The number of likely N-dealkylation sites (tertiary alicyclic amines) is 1. The first-order chi connectivity index (χ1) is 12.2. The van der Waals surface area contributed by atoms with Gasteiger partial charge < -0.3 is 9.52 Å². The molecule has 1 aromatic carbocycles. The number of aromatic hydroxyl groups is 1. The lowest BCUT2D eigenvalue weighted by atomic mass is 9.92. The van der Waals surface area contributed by atoms with E-state index < -0.39 is 0 Å². The molecule has 4 rings (SSSR count). The molecule has 0 saturated carbocycles. The number of para-hydroxylation sites is 1. The van der Waals surface area contributed by atoms with Crippen molar-refractivity contribution in [1.82, 2.24) is 14.9 Å². The minimum Gasteiger partial charge on any atom is -0.506 e. The molecule has 3 heterocycles. The first-order valence-electron chi connectivity index (χ1n) is 8.44. The minimum absolute atomic E-state index is 0.00148. The summed E-state index contributed by atoms with van der Waals surface area (Å²) in [6.07, 6.45) is 4.52. The van der Waals surface area contributed by atoms with Crippen molar-refractivity contribution in [3.63, 3.8) is 0 Å². The topological polar surface area (TPSA) is 79.5 Å². The molecule has 1 aliphatic heterocycles. The van der Waals surface area contributed by atoms with Crippen LogP contribution in [0, 0.1) is 5.92 Å². The van der Waals surface area contributed by atoms with E-state index in [1.807, 2.05) is 24.3 Å². The smallest absolute Gasteiger partial charge is 0.263 e. The normalized spacial score (nSPS) is 16.3. The molecule has 1 saturated heterocycles. The van der Waals surface area contributed by atoms with E-state index in [1.165, 1.54) is 12.5 Å². The Bertz CT molecular complexity index is 884. The number of piperidine rings is 1. The molecule has 0 bridgehead atoms. The molecule has 3 aromatic rings. The van der Waals surface area contributed by atoms with Crippen LogP contribution in [0.3, 0.4) is 0 Å². The lowest BCUT2D eigenvalue weighted by Gasteiger charge is -2.30. The van der Waals surface area contributed by atoms with Gasteiger partial charge in [-0.2, -0.15) is 0 Å². The number of pyridine rings is 1. The highest BCUT2D eigenvalue weighted by molar-refractivity contribution is 5.93. The number of hydrogen-bond donors (Lipinski definition) is 1. The minimum atomic E-state index is -0.0245. The number of carbonyl (C=O) groups is 1. The van der Waals surface area contributed by atoms with Gasteiger partial charge in [-0.15, -0.1) is 0 Å². The summed E-state index contributed by atoms with van der Waals surface area (Å²) in [5.74, 6) is 0.390. The third-order valence-electron chi connectivity index (χ3n) is 4.74. The zero-order valence-corrected chi connectivity index (χ0v) is 13.8. The Labute approximate surface area is 145 Å². The van der Waals surface area contributed by atoms with Crippen molar-refractivity contribution in [3.8, 4) is 5.75 Å². The number of oxazole rings is 1. The lowest BCUT2D eigenvalue weighted by Crippen LogP contribution is -2.36. The maximum Gasteiger partial charge on any atom is 0.263 e. The Morgan fingerprint density at radius 3 is 2.84 bits per heavy atom.